The van der Waals surface area contributed by atoms with E-state index in [1.54, 1.807) is 6.92 Å². The average molecular weight is 242 g/mol. The second kappa shape index (κ2) is 5.38. The molecule has 0 aromatic heterocycles. The van der Waals surface area contributed by atoms with Gasteiger partial charge in [0.1, 0.15) is 0 Å². The zero-order valence-electron chi connectivity index (χ0n) is 11.4. The molecule has 17 heavy (non-hydrogen) atoms. The summed E-state index contributed by atoms with van der Waals surface area (Å²) in [4.78, 5) is 11.4. The topological polar surface area (TPSA) is 57.5 Å². The summed E-state index contributed by atoms with van der Waals surface area (Å²) >= 11 is 0. The van der Waals surface area contributed by atoms with Crippen molar-refractivity contribution in [3.05, 3.63) is 0 Å². The first-order chi connectivity index (χ1) is 7.82. The highest BCUT2D eigenvalue weighted by molar-refractivity contribution is 5.77. The van der Waals surface area contributed by atoms with Gasteiger partial charge in [-0.25, -0.2) is 4.79 Å². The van der Waals surface area contributed by atoms with E-state index >= 15 is 0 Å². The fraction of sp³-hybridized carbons (Fsp3) is 0.929. The third-order valence-electron chi connectivity index (χ3n) is 4.54. The summed E-state index contributed by atoms with van der Waals surface area (Å²) in [6.07, 6.45) is 3.32. The lowest BCUT2D eigenvalue weighted by atomic mass is 9.63. The van der Waals surface area contributed by atoms with Gasteiger partial charge in [-0.2, -0.15) is 0 Å². The summed E-state index contributed by atoms with van der Waals surface area (Å²) in [5.74, 6) is 0.128. The Morgan fingerprint density at radius 3 is 2.41 bits per heavy atom. The molecule has 1 saturated carbocycles. The number of rotatable bonds is 4. The minimum atomic E-state index is -1.54. The Morgan fingerprint density at radius 2 is 2.00 bits per heavy atom. The minimum absolute atomic E-state index is 0.103. The van der Waals surface area contributed by atoms with Crippen LogP contribution in [-0.4, -0.2) is 21.8 Å². The Bertz CT molecular complexity index is 275. The van der Waals surface area contributed by atoms with Crippen LogP contribution in [0.5, 0.6) is 0 Å². The molecular weight excluding hydrogens is 216 g/mol. The quantitative estimate of drug-likeness (QED) is 0.797. The van der Waals surface area contributed by atoms with Crippen molar-refractivity contribution in [3.8, 4) is 0 Å². The van der Waals surface area contributed by atoms with Crippen molar-refractivity contribution < 1.29 is 15.0 Å². The summed E-state index contributed by atoms with van der Waals surface area (Å²) in [6.45, 7) is 8.18. The highest BCUT2D eigenvalue weighted by Gasteiger charge is 2.48. The molecule has 0 aliphatic heterocycles. The van der Waals surface area contributed by atoms with Crippen molar-refractivity contribution in [1.29, 1.82) is 0 Å². The molecule has 2 N–H and O–H groups in total. The van der Waals surface area contributed by atoms with Gasteiger partial charge in [0.15, 0.2) is 5.60 Å². The number of carbonyl (C=O) groups is 1. The lowest BCUT2D eigenvalue weighted by Gasteiger charge is -2.44. The van der Waals surface area contributed by atoms with Gasteiger partial charge in [-0.3, -0.25) is 0 Å². The van der Waals surface area contributed by atoms with E-state index in [4.69, 9.17) is 0 Å². The number of aliphatic carboxylic acids is 1. The number of hydrogen-bond donors (Lipinski definition) is 2. The predicted molar refractivity (Wildman–Crippen MR) is 67.7 cm³/mol. The Labute approximate surface area is 104 Å². The largest absolute Gasteiger partial charge is 0.479 e. The maximum atomic E-state index is 11.4. The monoisotopic (exact) mass is 242 g/mol. The molecule has 0 heterocycles. The average Bonchev–Trinajstić information content (AvgIpc) is 2.27. The van der Waals surface area contributed by atoms with Gasteiger partial charge < -0.3 is 10.2 Å². The Hall–Kier alpha value is -0.570. The summed E-state index contributed by atoms with van der Waals surface area (Å²) in [5, 5.41) is 19.8. The molecule has 0 radical (unpaired) electrons. The highest BCUT2D eigenvalue weighted by atomic mass is 16.4. The number of hydrogen-bond acceptors (Lipinski definition) is 2. The van der Waals surface area contributed by atoms with E-state index < -0.39 is 11.6 Å². The molecule has 0 bridgehead atoms. The first-order valence-corrected chi connectivity index (χ1v) is 6.78. The predicted octanol–water partition coefficient (Wildman–Crippen LogP) is 2.92. The molecule has 100 valence electrons. The highest BCUT2D eigenvalue weighted by Crippen LogP contribution is 2.44. The van der Waals surface area contributed by atoms with Crippen molar-refractivity contribution in [2.24, 2.45) is 23.7 Å². The van der Waals surface area contributed by atoms with Gasteiger partial charge in [-0.1, -0.05) is 34.1 Å². The Balaban J connectivity index is 2.99. The van der Waals surface area contributed by atoms with Gasteiger partial charge in [-0.15, -0.1) is 0 Å². The second-order valence-electron chi connectivity index (χ2n) is 6.02. The summed E-state index contributed by atoms with van der Waals surface area (Å²) in [7, 11) is 0. The lowest BCUT2D eigenvalue weighted by molar-refractivity contribution is -0.172. The summed E-state index contributed by atoms with van der Waals surface area (Å²) in [6, 6.07) is 0. The molecule has 1 aliphatic rings. The van der Waals surface area contributed by atoms with E-state index in [0.29, 0.717) is 24.2 Å². The maximum absolute atomic E-state index is 11.4. The minimum Gasteiger partial charge on any atom is -0.479 e. The van der Waals surface area contributed by atoms with Crippen LogP contribution in [0.2, 0.25) is 0 Å². The van der Waals surface area contributed by atoms with Crippen molar-refractivity contribution >= 4 is 5.97 Å². The summed E-state index contributed by atoms with van der Waals surface area (Å²) < 4.78 is 0. The molecule has 4 unspecified atom stereocenters. The van der Waals surface area contributed by atoms with Crippen LogP contribution in [0.25, 0.3) is 0 Å². The molecule has 4 atom stereocenters. The van der Waals surface area contributed by atoms with Crippen molar-refractivity contribution in [2.45, 2.75) is 59.0 Å². The molecule has 0 amide bonds. The van der Waals surface area contributed by atoms with Crippen LogP contribution in [0.15, 0.2) is 0 Å². The van der Waals surface area contributed by atoms with E-state index in [9.17, 15) is 15.0 Å². The van der Waals surface area contributed by atoms with E-state index in [0.717, 1.165) is 19.3 Å². The van der Waals surface area contributed by atoms with Crippen LogP contribution in [0.4, 0.5) is 0 Å². The molecular formula is C14H26O3. The Kier molecular flexibility index (Phi) is 4.59. The van der Waals surface area contributed by atoms with Crippen LogP contribution in [0, 0.1) is 23.7 Å². The van der Waals surface area contributed by atoms with Crippen molar-refractivity contribution in [2.75, 3.05) is 0 Å². The maximum Gasteiger partial charge on any atom is 0.335 e. The van der Waals surface area contributed by atoms with Crippen LogP contribution < -0.4 is 0 Å². The number of aliphatic hydroxyl groups is 1. The van der Waals surface area contributed by atoms with Gasteiger partial charge >= 0.3 is 5.97 Å². The van der Waals surface area contributed by atoms with Crippen molar-refractivity contribution in [1.82, 2.24) is 0 Å². The van der Waals surface area contributed by atoms with Gasteiger partial charge in [0.2, 0.25) is 0 Å². The molecule has 1 rings (SSSR count). The number of carboxylic acid groups (broad SMARTS) is 1. The fourth-order valence-corrected chi connectivity index (χ4v) is 3.32. The molecule has 0 saturated heterocycles. The molecule has 3 nitrogen and oxygen atoms in total. The van der Waals surface area contributed by atoms with Gasteiger partial charge in [-0.05, 0) is 37.0 Å². The lowest BCUT2D eigenvalue weighted by Crippen LogP contribution is -2.51. The third-order valence-corrected chi connectivity index (χ3v) is 4.54. The van der Waals surface area contributed by atoms with Crippen LogP contribution >= 0.6 is 0 Å². The van der Waals surface area contributed by atoms with Gasteiger partial charge in [0, 0.05) is 5.92 Å². The van der Waals surface area contributed by atoms with Gasteiger partial charge in [0.25, 0.3) is 0 Å². The molecule has 1 aliphatic carbocycles. The SMILES string of the molecule is CCC(O)(C(=O)O)C1CC(C)CCC1C(C)C. The molecule has 1 fully saturated rings. The van der Waals surface area contributed by atoms with Crippen LogP contribution in [-0.2, 0) is 4.79 Å². The van der Waals surface area contributed by atoms with Crippen LogP contribution in [0.3, 0.4) is 0 Å². The molecule has 0 aromatic rings. The third kappa shape index (κ3) is 2.82. The summed E-state index contributed by atoms with van der Waals surface area (Å²) in [5.41, 5.74) is -1.54. The van der Waals surface area contributed by atoms with Crippen LogP contribution in [0.1, 0.15) is 53.4 Å². The van der Waals surface area contributed by atoms with E-state index in [-0.39, 0.29) is 5.92 Å². The first-order valence-electron chi connectivity index (χ1n) is 6.78. The first kappa shape index (κ1) is 14.5. The number of carboxylic acids is 1. The second-order valence-corrected chi connectivity index (χ2v) is 6.02. The zero-order chi connectivity index (χ0) is 13.2. The standard InChI is InChI=1S/C14H26O3/c1-5-14(17,13(15)16)12-8-10(4)6-7-11(12)9(2)3/h9-12,17H,5-8H2,1-4H3,(H,15,16). The molecule has 0 spiro atoms. The van der Waals surface area contributed by atoms with Crippen molar-refractivity contribution in [3.63, 3.8) is 0 Å². The van der Waals surface area contributed by atoms with E-state index in [1.807, 2.05) is 0 Å². The normalized spacial score (nSPS) is 33.4. The Morgan fingerprint density at radius 1 is 1.41 bits per heavy atom. The van der Waals surface area contributed by atoms with Gasteiger partial charge in [0.05, 0.1) is 0 Å². The van der Waals surface area contributed by atoms with E-state index in [2.05, 4.69) is 20.8 Å². The fourth-order valence-electron chi connectivity index (χ4n) is 3.32. The van der Waals surface area contributed by atoms with E-state index in [1.165, 1.54) is 0 Å². The smallest absolute Gasteiger partial charge is 0.335 e. The molecule has 0 aromatic carbocycles. The zero-order valence-corrected chi connectivity index (χ0v) is 11.4. The molecule has 3 heteroatoms.